The molecule has 1 N–H and O–H groups in total. The molecule has 1 heterocycles. The van der Waals surface area contributed by atoms with E-state index >= 15 is 0 Å². The number of halogens is 3. The molecule has 1 aliphatic rings. The van der Waals surface area contributed by atoms with Gasteiger partial charge < -0.3 is 5.11 Å². The molecule has 2 aromatic rings. The molecule has 108 valence electrons. The van der Waals surface area contributed by atoms with Crippen LogP contribution >= 0.6 is 47.8 Å². The Morgan fingerprint density at radius 3 is 2.48 bits per heavy atom. The van der Waals surface area contributed by atoms with Crippen LogP contribution in [0.2, 0.25) is 0 Å². The first-order valence-electron chi connectivity index (χ1n) is 6.51. The molecule has 0 aliphatic heterocycles. The number of pyridine rings is 1. The van der Waals surface area contributed by atoms with E-state index in [4.69, 9.17) is 0 Å². The highest BCUT2D eigenvalue weighted by molar-refractivity contribution is 9.24. The summed E-state index contributed by atoms with van der Waals surface area (Å²) in [6.45, 7) is 0. The third-order valence-corrected chi connectivity index (χ3v) is 5.15. The average molecular weight is 474 g/mol. The number of nitrogens with zero attached hydrogens (tertiary/aromatic N) is 1. The Morgan fingerprint density at radius 1 is 1.14 bits per heavy atom. The van der Waals surface area contributed by atoms with Crippen LogP contribution in [0.4, 0.5) is 0 Å². The number of aromatic nitrogens is 1. The van der Waals surface area contributed by atoms with Gasteiger partial charge in [0, 0.05) is 16.2 Å². The van der Waals surface area contributed by atoms with Crippen molar-refractivity contribution in [3.05, 3.63) is 63.4 Å². The highest BCUT2D eigenvalue weighted by atomic mass is 79.9. The van der Waals surface area contributed by atoms with E-state index in [2.05, 4.69) is 71.0 Å². The van der Waals surface area contributed by atoms with Gasteiger partial charge in [0.1, 0.15) is 5.75 Å². The van der Waals surface area contributed by atoms with Crippen LogP contribution in [0.15, 0.2) is 46.7 Å². The molecule has 0 bridgehead atoms. The lowest BCUT2D eigenvalue weighted by molar-refractivity contribution is 0.471. The molecule has 2 nitrogen and oxygen atoms in total. The van der Waals surface area contributed by atoms with Gasteiger partial charge in [0.15, 0.2) is 0 Å². The van der Waals surface area contributed by atoms with Crippen molar-refractivity contribution in [1.29, 1.82) is 0 Å². The zero-order valence-electron chi connectivity index (χ0n) is 11.0. The van der Waals surface area contributed by atoms with E-state index < -0.39 is 0 Å². The van der Waals surface area contributed by atoms with E-state index in [0.717, 1.165) is 39.6 Å². The molecular formula is C16H12Br3NO. The Bertz CT molecular complexity index is 719. The number of allylic oxidation sites excluding steroid dienone is 1. The van der Waals surface area contributed by atoms with Crippen LogP contribution in [-0.4, -0.2) is 10.1 Å². The Morgan fingerprint density at radius 2 is 1.90 bits per heavy atom. The fourth-order valence-electron chi connectivity index (χ4n) is 2.31. The van der Waals surface area contributed by atoms with E-state index in [1.807, 2.05) is 6.07 Å². The zero-order chi connectivity index (χ0) is 15.0. The summed E-state index contributed by atoms with van der Waals surface area (Å²) < 4.78 is 1.15. The highest BCUT2D eigenvalue weighted by Gasteiger charge is 2.24. The zero-order valence-corrected chi connectivity index (χ0v) is 15.7. The van der Waals surface area contributed by atoms with Crippen molar-refractivity contribution < 1.29 is 5.11 Å². The van der Waals surface area contributed by atoms with E-state index in [1.165, 1.54) is 11.8 Å². The lowest BCUT2D eigenvalue weighted by Crippen LogP contribution is -1.93. The van der Waals surface area contributed by atoms with E-state index in [9.17, 15) is 5.11 Å². The first kappa shape index (κ1) is 15.3. The first-order chi connectivity index (χ1) is 10.1. The Balaban J connectivity index is 2.13. The summed E-state index contributed by atoms with van der Waals surface area (Å²) in [7, 11) is 0. The van der Waals surface area contributed by atoms with E-state index in [1.54, 1.807) is 6.20 Å². The normalized spacial score (nSPS) is 13.6. The summed E-state index contributed by atoms with van der Waals surface area (Å²) in [6.07, 6.45) is 5.39. The molecule has 0 saturated heterocycles. The Hall–Kier alpha value is -0.650. The summed E-state index contributed by atoms with van der Waals surface area (Å²) in [5, 5.41) is 10.1. The predicted octanol–water partition coefficient (Wildman–Crippen LogP) is 5.93. The third kappa shape index (κ3) is 3.25. The smallest absolute Gasteiger partial charge is 0.141 e. The molecule has 1 aromatic carbocycles. The van der Waals surface area contributed by atoms with Crippen molar-refractivity contribution in [1.82, 2.24) is 4.98 Å². The second-order valence-electron chi connectivity index (χ2n) is 4.91. The first-order valence-corrected chi connectivity index (χ1v) is 9.13. The number of hydrogen-bond donors (Lipinski definition) is 1. The molecule has 0 unspecified atom stereocenters. The monoisotopic (exact) mass is 471 g/mol. The fraction of sp³-hybridized carbons (Fsp3) is 0.188. The molecule has 1 aliphatic carbocycles. The second-order valence-corrected chi connectivity index (χ2v) is 8.83. The van der Waals surface area contributed by atoms with Gasteiger partial charge in [-0.1, -0.05) is 65.5 Å². The number of rotatable bonds is 3. The summed E-state index contributed by atoms with van der Waals surface area (Å²) in [5.74, 6) is 0.224. The van der Waals surface area contributed by atoms with Gasteiger partial charge in [-0.2, -0.15) is 0 Å². The minimum atomic E-state index is 0.127. The van der Waals surface area contributed by atoms with Crippen LogP contribution in [-0.2, 0) is 0 Å². The van der Waals surface area contributed by atoms with Crippen LogP contribution in [0.3, 0.4) is 0 Å². The molecule has 3 rings (SSSR count). The second kappa shape index (κ2) is 6.23. The molecule has 0 amide bonds. The molecule has 1 saturated carbocycles. The van der Waals surface area contributed by atoms with Crippen molar-refractivity contribution in [2.75, 3.05) is 0 Å². The van der Waals surface area contributed by atoms with Gasteiger partial charge in [0.2, 0.25) is 0 Å². The van der Waals surface area contributed by atoms with Gasteiger partial charge in [-0.25, -0.2) is 0 Å². The van der Waals surface area contributed by atoms with Gasteiger partial charge >= 0.3 is 0 Å². The van der Waals surface area contributed by atoms with Crippen molar-refractivity contribution >= 4 is 53.4 Å². The minimum Gasteiger partial charge on any atom is -0.506 e. The standard InChI is InChI=1S/C16H12Br3NO/c17-13-7-10(16(18)19)3-4-11(13)15(9-1-2-9)12-5-6-20-8-14(12)21/h3-8,16,21H,1-2H2. The third-order valence-electron chi connectivity index (χ3n) is 3.44. The van der Waals surface area contributed by atoms with Crippen LogP contribution in [0, 0.1) is 0 Å². The molecule has 5 heteroatoms. The average Bonchev–Trinajstić information content (AvgIpc) is 3.27. The maximum Gasteiger partial charge on any atom is 0.141 e. The minimum absolute atomic E-state index is 0.127. The van der Waals surface area contributed by atoms with Gasteiger partial charge in [-0.05, 0) is 41.7 Å². The van der Waals surface area contributed by atoms with Gasteiger partial charge in [-0.3, -0.25) is 4.98 Å². The summed E-state index contributed by atoms with van der Waals surface area (Å²) in [4.78, 5) is 3.96. The van der Waals surface area contributed by atoms with Crippen molar-refractivity contribution in [3.8, 4) is 5.75 Å². The largest absolute Gasteiger partial charge is 0.506 e. The maximum absolute atomic E-state index is 10.1. The predicted molar refractivity (Wildman–Crippen MR) is 95.9 cm³/mol. The fourth-order valence-corrected chi connectivity index (χ4v) is 3.47. The van der Waals surface area contributed by atoms with Gasteiger partial charge in [0.25, 0.3) is 0 Å². The maximum atomic E-state index is 10.1. The van der Waals surface area contributed by atoms with E-state index in [-0.39, 0.29) is 9.49 Å². The molecule has 1 fully saturated rings. The van der Waals surface area contributed by atoms with Gasteiger partial charge in [-0.15, -0.1) is 0 Å². The lowest BCUT2D eigenvalue weighted by atomic mass is 9.96. The lowest BCUT2D eigenvalue weighted by Gasteiger charge is -2.13. The van der Waals surface area contributed by atoms with Crippen molar-refractivity contribution in [3.63, 3.8) is 0 Å². The summed E-state index contributed by atoms with van der Waals surface area (Å²) in [6, 6.07) is 8.13. The Labute approximate surface area is 148 Å². The highest BCUT2D eigenvalue weighted by Crippen LogP contribution is 2.45. The summed E-state index contributed by atoms with van der Waals surface area (Å²) in [5.41, 5.74) is 5.59. The van der Waals surface area contributed by atoms with Gasteiger partial charge in [0.05, 0.1) is 9.93 Å². The SMILES string of the molecule is Oc1cnccc1C(=C1CC1)c1ccc(C(Br)Br)cc1Br. The number of alkyl halides is 2. The number of hydrogen-bond acceptors (Lipinski definition) is 2. The van der Waals surface area contributed by atoms with Crippen LogP contribution < -0.4 is 0 Å². The van der Waals surface area contributed by atoms with Crippen LogP contribution in [0.5, 0.6) is 5.75 Å². The summed E-state index contributed by atoms with van der Waals surface area (Å²) >= 11 is 10.7. The molecular weight excluding hydrogens is 462 g/mol. The molecule has 1 aromatic heterocycles. The molecule has 21 heavy (non-hydrogen) atoms. The van der Waals surface area contributed by atoms with Crippen molar-refractivity contribution in [2.45, 2.75) is 16.6 Å². The quantitative estimate of drug-likeness (QED) is 0.560. The topological polar surface area (TPSA) is 33.1 Å². The molecule has 0 spiro atoms. The number of benzene rings is 1. The van der Waals surface area contributed by atoms with E-state index in [0.29, 0.717) is 0 Å². The van der Waals surface area contributed by atoms with Crippen LogP contribution in [0.1, 0.15) is 33.3 Å². The Kier molecular flexibility index (Phi) is 4.52. The van der Waals surface area contributed by atoms with Crippen molar-refractivity contribution in [2.24, 2.45) is 0 Å². The number of aromatic hydroxyl groups is 1. The van der Waals surface area contributed by atoms with Crippen LogP contribution in [0.25, 0.3) is 5.57 Å². The molecule has 0 radical (unpaired) electrons. The molecule has 0 atom stereocenters.